The van der Waals surface area contributed by atoms with E-state index in [1.165, 1.54) is 34.6 Å². The predicted octanol–water partition coefficient (Wildman–Crippen LogP) is 0.595. The van der Waals surface area contributed by atoms with Gasteiger partial charge in [0.05, 0.1) is 0 Å². The SMILES string of the molecule is CCC[CH2][Sn+3].CCC[CH2][Sn+3].O=C([O-])CCCC(CCS)(CCS)C(=O)[O-].O=C([O-])CCCC(CCS)(CCS)C(=O)[O-].O=C([O-])CCCC(CCS)(CCS)C(=O)[O-]. The molecule has 0 aliphatic carbocycles. The maximum Gasteiger partial charge on any atom is 0.0476 e. The third kappa shape index (κ3) is 38.2. The smallest absolute Gasteiger partial charge is 0.0476 e. The first-order valence-corrected chi connectivity index (χ1v) is 27.3. The van der Waals surface area contributed by atoms with Gasteiger partial charge in [-0.15, -0.1) is 0 Å². The number of hydrogen-bond acceptors (Lipinski definition) is 18. The third-order valence-corrected chi connectivity index (χ3v) is 12.4. The topological polar surface area (TPSA) is 241 Å². The van der Waals surface area contributed by atoms with E-state index in [1.54, 1.807) is 45.0 Å². The second-order valence-electron chi connectivity index (χ2n) is 13.4. The Kier molecular flexibility index (Phi) is 53.1. The van der Waals surface area contributed by atoms with Crippen molar-refractivity contribution in [2.45, 2.75) is 145 Å². The van der Waals surface area contributed by atoms with Crippen LogP contribution in [0.25, 0.3) is 0 Å². The summed E-state index contributed by atoms with van der Waals surface area (Å²) >= 11 is 27.5. The van der Waals surface area contributed by atoms with Gasteiger partial charge in [-0.25, -0.2) is 0 Å². The standard InChI is InChI=1S/3C10H18O4S2.2C4H9.2Sn/c3*11-8(12)2-1-3-10(4-6-15,5-7-16)9(13)14;2*1-3-4-2;;/h3*15-16H,1-7H2,(H,11,12)(H,13,14);2*1,3-4H2,2H3;;/q;;;;;2*+3/p-6. The number of thiol groups is 6. The molecular formula is C38H66O12S6Sn2. The Morgan fingerprint density at radius 2 is 0.569 bits per heavy atom. The zero-order valence-electron chi connectivity index (χ0n) is 34.2. The summed E-state index contributed by atoms with van der Waals surface area (Å²) in [5.41, 5.74) is -3.00. The van der Waals surface area contributed by atoms with E-state index in [1.807, 2.05) is 0 Å². The normalized spacial score (nSPS) is 10.9. The molecule has 0 N–H and O–H groups in total. The fourth-order valence-electron chi connectivity index (χ4n) is 5.39. The van der Waals surface area contributed by atoms with Gasteiger partial charge in [0.1, 0.15) is 0 Å². The van der Waals surface area contributed by atoms with E-state index in [2.05, 4.69) is 89.6 Å². The first-order chi connectivity index (χ1) is 27.3. The van der Waals surface area contributed by atoms with Crippen LogP contribution in [0.3, 0.4) is 0 Å². The zero-order chi connectivity index (χ0) is 46.1. The molecule has 0 fully saturated rings. The van der Waals surface area contributed by atoms with Crippen molar-refractivity contribution in [1.29, 1.82) is 0 Å². The Hall–Kier alpha value is 0.517. The van der Waals surface area contributed by atoms with Crippen molar-refractivity contribution in [3.8, 4) is 0 Å². The largest absolute Gasteiger partial charge is 0.550 e. The molecular weight excluding hydrogens is 1080 g/mol. The van der Waals surface area contributed by atoms with E-state index < -0.39 is 52.1 Å². The number of unbranched alkanes of at least 4 members (excludes halogenated alkanes) is 2. The van der Waals surface area contributed by atoms with Gasteiger partial charge < -0.3 is 59.4 Å². The number of hydrogen-bond donors (Lipinski definition) is 6. The maximum absolute atomic E-state index is 11.1. The molecule has 0 rings (SSSR count). The Balaban J connectivity index is -0.000000216. The van der Waals surface area contributed by atoms with Crippen LogP contribution in [0.15, 0.2) is 0 Å². The number of rotatable bonds is 31. The average Bonchev–Trinajstić information content (AvgIpc) is 3.13. The Morgan fingerprint density at radius 1 is 0.379 bits per heavy atom. The minimum absolute atomic E-state index is 0.131. The van der Waals surface area contributed by atoms with Gasteiger partial charge in [0.15, 0.2) is 0 Å². The summed E-state index contributed by atoms with van der Waals surface area (Å²) in [5, 5.41) is 64.2. The van der Waals surface area contributed by atoms with Crippen LogP contribution < -0.4 is 30.6 Å². The molecule has 0 aromatic carbocycles. The Morgan fingerprint density at radius 3 is 0.655 bits per heavy atom. The van der Waals surface area contributed by atoms with E-state index in [0.717, 1.165) is 0 Å². The van der Waals surface area contributed by atoms with Crippen molar-refractivity contribution in [2.75, 3.05) is 34.5 Å². The van der Waals surface area contributed by atoms with Gasteiger partial charge in [-0.2, -0.15) is 75.8 Å². The van der Waals surface area contributed by atoms with Crippen LogP contribution in [-0.2, 0) is 28.8 Å². The maximum atomic E-state index is 11.1. The van der Waals surface area contributed by atoms with Gasteiger partial charge >= 0.3 is 93.5 Å². The van der Waals surface area contributed by atoms with Crippen molar-refractivity contribution >= 4 is 157 Å². The van der Waals surface area contributed by atoms with Crippen LogP contribution in [0, 0.1) is 16.2 Å². The summed E-state index contributed by atoms with van der Waals surface area (Å²) in [6.45, 7) is 4.45. The van der Waals surface area contributed by atoms with Crippen molar-refractivity contribution in [3.05, 3.63) is 0 Å². The predicted molar refractivity (Wildman–Crippen MR) is 241 cm³/mol. The minimum Gasteiger partial charge on any atom is -0.550 e. The van der Waals surface area contributed by atoms with E-state index in [-0.39, 0.29) is 57.8 Å². The Labute approximate surface area is 407 Å². The second kappa shape index (κ2) is 45.5. The molecule has 0 aromatic heterocycles. The zero-order valence-corrected chi connectivity index (χ0v) is 45.2. The van der Waals surface area contributed by atoms with Crippen LogP contribution in [0.5, 0.6) is 0 Å². The molecule has 334 valence electrons. The van der Waals surface area contributed by atoms with Crippen LogP contribution in [0.2, 0.25) is 8.87 Å². The average molecular weight is 1140 g/mol. The monoisotopic (exact) mass is 1150 g/mol. The molecule has 20 heteroatoms. The molecule has 0 heterocycles. The molecule has 0 aliphatic heterocycles. The molecule has 58 heavy (non-hydrogen) atoms. The molecule has 0 bridgehead atoms. The summed E-state index contributed by atoms with van der Waals surface area (Å²) in [6, 6.07) is 0. The third-order valence-electron chi connectivity index (χ3n) is 9.01. The molecule has 0 unspecified atom stereocenters. The van der Waals surface area contributed by atoms with Crippen LogP contribution in [-0.4, -0.2) is 115 Å². The summed E-state index contributed by atoms with van der Waals surface area (Å²) in [5.74, 6) is -4.38. The first kappa shape index (κ1) is 67.6. The molecule has 0 saturated carbocycles. The van der Waals surface area contributed by atoms with Gasteiger partial charge in [-0.1, -0.05) is 0 Å². The van der Waals surface area contributed by atoms with Crippen LogP contribution in [0.4, 0.5) is 0 Å². The molecule has 0 atom stereocenters. The summed E-state index contributed by atoms with van der Waals surface area (Å²) in [6.07, 6.45) is 9.03. The van der Waals surface area contributed by atoms with Crippen LogP contribution >= 0.6 is 75.8 Å². The molecule has 0 radical (unpaired) electrons. The summed E-state index contributed by atoms with van der Waals surface area (Å²) in [4.78, 5) is 64.2. The first-order valence-electron chi connectivity index (χ1n) is 19.5. The number of carbonyl (C=O) groups is 6. The van der Waals surface area contributed by atoms with E-state index in [9.17, 15) is 59.4 Å². The van der Waals surface area contributed by atoms with E-state index in [4.69, 9.17) is 0 Å². The van der Waals surface area contributed by atoms with Gasteiger partial charge in [-0.3, -0.25) is 0 Å². The van der Waals surface area contributed by atoms with E-state index in [0.29, 0.717) is 73.0 Å². The summed E-state index contributed by atoms with van der Waals surface area (Å²) in [7, 11) is 0. The van der Waals surface area contributed by atoms with Gasteiger partial charge in [0.25, 0.3) is 0 Å². The van der Waals surface area contributed by atoms with Gasteiger partial charge in [0.2, 0.25) is 0 Å². The molecule has 12 nitrogen and oxygen atoms in total. The summed E-state index contributed by atoms with van der Waals surface area (Å²) < 4.78 is 2.87. The number of carboxylic acid groups (broad SMARTS) is 6. The quantitative estimate of drug-likeness (QED) is 0.0414. The fraction of sp³-hybridized carbons (Fsp3) is 0.842. The molecule has 0 spiro atoms. The number of carboxylic acids is 6. The number of aliphatic carboxylic acids is 6. The van der Waals surface area contributed by atoms with Crippen molar-refractivity contribution in [3.63, 3.8) is 0 Å². The minimum atomic E-state index is -1.16. The second-order valence-corrected chi connectivity index (χ2v) is 19.0. The van der Waals surface area contributed by atoms with E-state index >= 15 is 0 Å². The van der Waals surface area contributed by atoms with Crippen molar-refractivity contribution < 1.29 is 59.4 Å². The fourth-order valence-corrected chi connectivity index (χ4v) is 9.98. The molecule has 0 amide bonds. The number of carbonyl (C=O) groups excluding carboxylic acids is 6. The van der Waals surface area contributed by atoms with Crippen molar-refractivity contribution in [1.82, 2.24) is 0 Å². The molecule has 0 aromatic rings. The van der Waals surface area contributed by atoms with Gasteiger partial charge in [0, 0.05) is 52.1 Å². The Bertz CT molecular complexity index is 930. The van der Waals surface area contributed by atoms with Crippen LogP contribution in [0.1, 0.15) is 136 Å². The molecule has 0 saturated heterocycles. The van der Waals surface area contributed by atoms with Crippen molar-refractivity contribution in [2.24, 2.45) is 16.2 Å². The molecule has 0 aliphatic rings. The van der Waals surface area contributed by atoms with Gasteiger partial charge in [-0.05, 0) is 131 Å².